The number of fused-ring (bicyclic) bond motifs is 2. The molecule has 4 aromatic heterocycles. The highest BCUT2D eigenvalue weighted by atomic mass is 19.1. The van der Waals surface area contributed by atoms with E-state index in [2.05, 4.69) is 36.4 Å². The molecule has 1 amide bonds. The number of amides is 1. The van der Waals surface area contributed by atoms with Crippen LogP contribution in [0.5, 0.6) is 0 Å². The van der Waals surface area contributed by atoms with Crippen molar-refractivity contribution in [3.8, 4) is 11.3 Å². The average molecular weight is 490 g/mol. The second-order valence-electron chi connectivity index (χ2n) is 8.55. The summed E-state index contributed by atoms with van der Waals surface area (Å²) < 4.78 is 16.6. The largest absolute Gasteiger partial charge is 0.348 e. The fourth-order valence-electron chi connectivity index (χ4n) is 4.16. The zero-order chi connectivity index (χ0) is 25.2. The number of benzene rings is 2. The van der Waals surface area contributed by atoms with Crippen molar-refractivity contribution in [1.29, 1.82) is 0 Å². The van der Waals surface area contributed by atoms with Gasteiger partial charge in [-0.3, -0.25) is 14.8 Å². The molecule has 0 aliphatic rings. The summed E-state index contributed by atoms with van der Waals surface area (Å²) in [5.41, 5.74) is 4.62. The van der Waals surface area contributed by atoms with Gasteiger partial charge in [0, 0.05) is 42.5 Å². The maximum absolute atomic E-state index is 14.9. The number of nitrogens with one attached hydrogen (secondary N) is 1. The lowest BCUT2D eigenvalue weighted by atomic mass is 10.1. The number of pyridine rings is 2. The van der Waals surface area contributed by atoms with E-state index in [1.54, 1.807) is 47.6 Å². The number of hydrogen-bond acceptors (Lipinski definition) is 6. The molecule has 0 aliphatic heterocycles. The number of halogens is 1. The zero-order valence-corrected chi connectivity index (χ0v) is 19.5. The van der Waals surface area contributed by atoms with Crippen LogP contribution in [0.2, 0.25) is 0 Å². The van der Waals surface area contributed by atoms with E-state index in [1.807, 2.05) is 30.3 Å². The topological polar surface area (TPSA) is 98.0 Å². The van der Waals surface area contributed by atoms with Gasteiger partial charge < -0.3 is 5.32 Å². The molecule has 0 saturated heterocycles. The van der Waals surface area contributed by atoms with E-state index in [0.29, 0.717) is 23.5 Å². The van der Waals surface area contributed by atoms with Gasteiger partial charge in [-0.15, -0.1) is 0 Å². The van der Waals surface area contributed by atoms with Crippen LogP contribution < -0.4 is 5.32 Å². The molecule has 1 N–H and O–H groups in total. The highest BCUT2D eigenvalue weighted by Gasteiger charge is 2.15. The Kier molecular flexibility index (Phi) is 5.78. The normalized spacial score (nSPS) is 11.2. The minimum atomic E-state index is -0.640. The van der Waals surface area contributed by atoms with Crippen molar-refractivity contribution < 1.29 is 9.18 Å². The molecule has 180 valence electrons. The van der Waals surface area contributed by atoms with E-state index in [1.165, 1.54) is 12.1 Å². The molecule has 0 radical (unpaired) electrons. The van der Waals surface area contributed by atoms with Gasteiger partial charge >= 0.3 is 0 Å². The van der Waals surface area contributed by atoms with Crippen molar-refractivity contribution >= 4 is 22.6 Å². The lowest BCUT2D eigenvalue weighted by molar-refractivity contribution is 0.0947. The van der Waals surface area contributed by atoms with Crippen molar-refractivity contribution in [2.45, 2.75) is 13.0 Å². The number of carbonyl (C=O) groups is 1. The molecule has 0 aliphatic carbocycles. The molecule has 0 atom stereocenters. The van der Waals surface area contributed by atoms with Crippen LogP contribution in [0.3, 0.4) is 0 Å². The highest BCUT2D eigenvalue weighted by Crippen LogP contribution is 2.21. The summed E-state index contributed by atoms with van der Waals surface area (Å²) in [4.78, 5) is 29.6. The van der Waals surface area contributed by atoms with E-state index >= 15 is 0 Å². The van der Waals surface area contributed by atoms with Crippen LogP contribution in [0.15, 0.2) is 91.6 Å². The van der Waals surface area contributed by atoms with Crippen molar-refractivity contribution in [3.63, 3.8) is 0 Å². The van der Waals surface area contributed by atoms with Crippen LogP contribution in [0.25, 0.3) is 27.9 Å². The van der Waals surface area contributed by atoms with Gasteiger partial charge in [0.05, 0.1) is 29.2 Å². The molecule has 0 unspecified atom stereocenters. The molecule has 0 saturated carbocycles. The predicted octanol–water partition coefficient (Wildman–Crippen LogP) is 4.39. The first-order valence-electron chi connectivity index (χ1n) is 11.6. The lowest BCUT2D eigenvalue weighted by Crippen LogP contribution is -2.23. The summed E-state index contributed by atoms with van der Waals surface area (Å²) in [7, 11) is 0. The molecular formula is C28H20FN7O. The zero-order valence-electron chi connectivity index (χ0n) is 19.5. The molecule has 6 rings (SSSR count). The summed E-state index contributed by atoms with van der Waals surface area (Å²) in [6.07, 6.45) is 8.95. The number of hydrogen-bond donors (Lipinski definition) is 1. The van der Waals surface area contributed by atoms with E-state index in [-0.39, 0.29) is 12.1 Å². The first-order valence-corrected chi connectivity index (χ1v) is 11.6. The van der Waals surface area contributed by atoms with Gasteiger partial charge in [0.25, 0.3) is 11.7 Å². The third-order valence-electron chi connectivity index (χ3n) is 6.04. The lowest BCUT2D eigenvalue weighted by Gasteiger charge is -2.08. The molecule has 4 heterocycles. The smallest absolute Gasteiger partial charge is 0.254 e. The van der Waals surface area contributed by atoms with Gasteiger partial charge in [0.15, 0.2) is 0 Å². The predicted molar refractivity (Wildman–Crippen MR) is 136 cm³/mol. The van der Waals surface area contributed by atoms with Crippen molar-refractivity contribution in [2.75, 3.05) is 0 Å². The summed E-state index contributed by atoms with van der Waals surface area (Å²) in [5.74, 6) is -0.691. The number of carbonyl (C=O) groups excluding carboxylic acids is 1. The van der Waals surface area contributed by atoms with Crippen molar-refractivity contribution in [1.82, 2.24) is 34.9 Å². The summed E-state index contributed by atoms with van der Waals surface area (Å²) in [6.45, 7) is 0.257. The fraction of sp³-hybridized carbons (Fsp3) is 0.0714. The highest BCUT2D eigenvalue weighted by molar-refractivity contribution is 5.94. The van der Waals surface area contributed by atoms with Gasteiger partial charge in [0.2, 0.25) is 0 Å². The Morgan fingerprint density at radius 3 is 2.65 bits per heavy atom. The van der Waals surface area contributed by atoms with E-state index in [9.17, 15) is 9.18 Å². The van der Waals surface area contributed by atoms with Crippen LogP contribution >= 0.6 is 0 Å². The fourth-order valence-corrected chi connectivity index (χ4v) is 4.16. The minimum Gasteiger partial charge on any atom is -0.348 e. The molecule has 0 fully saturated rings. The molecular weight excluding hydrogens is 469 g/mol. The quantitative estimate of drug-likeness (QED) is 0.373. The number of imidazole rings is 1. The first-order chi connectivity index (χ1) is 18.1. The van der Waals surface area contributed by atoms with E-state index in [0.717, 1.165) is 27.7 Å². The Hall–Kier alpha value is -5.05. The molecule has 37 heavy (non-hydrogen) atoms. The third-order valence-corrected chi connectivity index (χ3v) is 6.04. The Bertz CT molecular complexity index is 1750. The standard InChI is InChI=1S/C28H20FN7O/c29-24-13-21(6-7-23(24)27(37)32-15-19-3-1-9-30-14-19)26-17-34-28-33-16-22(36(28)35-26)12-18-5-8-25-20(11-18)4-2-10-31-25/h1-11,13-14,16-17H,12,15H2,(H,32,37). The third kappa shape index (κ3) is 4.62. The molecule has 0 bridgehead atoms. The Morgan fingerprint density at radius 1 is 0.892 bits per heavy atom. The molecule has 0 spiro atoms. The van der Waals surface area contributed by atoms with Gasteiger partial charge in [-0.2, -0.15) is 5.10 Å². The van der Waals surface area contributed by atoms with Crippen molar-refractivity contribution in [2.24, 2.45) is 0 Å². The maximum Gasteiger partial charge on any atom is 0.254 e. The number of aromatic nitrogens is 6. The van der Waals surface area contributed by atoms with E-state index in [4.69, 9.17) is 0 Å². The Balaban J connectivity index is 1.24. The minimum absolute atomic E-state index is 0.0456. The van der Waals surface area contributed by atoms with Gasteiger partial charge in [0.1, 0.15) is 11.5 Å². The van der Waals surface area contributed by atoms with Crippen LogP contribution in [0.1, 0.15) is 27.2 Å². The second-order valence-corrected chi connectivity index (χ2v) is 8.55. The van der Waals surface area contributed by atoms with Crippen LogP contribution in [-0.2, 0) is 13.0 Å². The second kappa shape index (κ2) is 9.54. The molecule has 8 nitrogen and oxygen atoms in total. The van der Waals surface area contributed by atoms with Crippen molar-refractivity contribution in [3.05, 3.63) is 120 Å². The summed E-state index contributed by atoms with van der Waals surface area (Å²) in [6, 6.07) is 18.1. The van der Waals surface area contributed by atoms with E-state index < -0.39 is 11.7 Å². The monoisotopic (exact) mass is 489 g/mol. The SMILES string of the molecule is O=C(NCc1cccnc1)c1ccc(-c2cnc3ncc(Cc4ccc5ncccc5c4)n3n2)cc1F. The van der Waals surface area contributed by atoms with Gasteiger partial charge in [-0.05, 0) is 47.5 Å². The average Bonchev–Trinajstić information content (AvgIpc) is 3.34. The van der Waals surface area contributed by atoms with Gasteiger partial charge in [-0.25, -0.2) is 18.9 Å². The number of rotatable bonds is 6. The van der Waals surface area contributed by atoms with Crippen LogP contribution in [0.4, 0.5) is 4.39 Å². The Labute approximate surface area is 210 Å². The van der Waals surface area contributed by atoms with Crippen LogP contribution in [-0.4, -0.2) is 35.5 Å². The Morgan fingerprint density at radius 2 is 1.78 bits per heavy atom. The molecule has 2 aromatic carbocycles. The van der Waals surface area contributed by atoms with Crippen LogP contribution in [0, 0.1) is 5.82 Å². The van der Waals surface area contributed by atoms with Gasteiger partial charge in [-0.1, -0.05) is 24.3 Å². The first kappa shape index (κ1) is 22.4. The number of nitrogens with zero attached hydrogens (tertiary/aromatic N) is 6. The summed E-state index contributed by atoms with van der Waals surface area (Å²) >= 11 is 0. The molecule has 6 aromatic rings. The molecule has 9 heteroatoms. The maximum atomic E-state index is 14.9. The summed E-state index contributed by atoms with van der Waals surface area (Å²) in [5, 5.41) is 8.43.